The Morgan fingerprint density at radius 2 is 1.80 bits per heavy atom. The van der Waals surface area contributed by atoms with Crippen LogP contribution in [-0.2, 0) is 4.74 Å². The second kappa shape index (κ2) is 7.12. The molecule has 0 spiro atoms. The van der Waals surface area contributed by atoms with Gasteiger partial charge in [-0.1, -0.05) is 0 Å². The Morgan fingerprint density at radius 1 is 1.20 bits per heavy atom. The number of amides is 1. The Labute approximate surface area is 138 Å². The summed E-state index contributed by atoms with van der Waals surface area (Å²) >= 11 is 0. The number of esters is 1. The van der Waals surface area contributed by atoms with Gasteiger partial charge in [0.25, 0.3) is 17.3 Å². The number of non-ortho nitro benzene ring substituents is 2. The van der Waals surface area contributed by atoms with Gasteiger partial charge in [0.05, 0.1) is 28.1 Å². The van der Waals surface area contributed by atoms with E-state index < -0.39 is 33.1 Å². The highest BCUT2D eigenvalue weighted by molar-refractivity contribution is 6.04. The fraction of sp³-hybridized carbons (Fsp3) is 0.167. The summed E-state index contributed by atoms with van der Waals surface area (Å²) < 4.78 is 4.68. The van der Waals surface area contributed by atoms with Crippen LogP contribution in [0.15, 0.2) is 18.2 Å². The number of nitrogens with zero attached hydrogens (tertiary/aromatic N) is 4. The lowest BCUT2D eigenvalue weighted by molar-refractivity contribution is -0.394. The van der Waals surface area contributed by atoms with E-state index in [0.29, 0.717) is 0 Å². The van der Waals surface area contributed by atoms with Gasteiger partial charge in [-0.05, 0) is 6.92 Å². The van der Waals surface area contributed by atoms with Crippen LogP contribution in [0.2, 0.25) is 0 Å². The average Bonchev–Trinajstić information content (AvgIpc) is 3.03. The number of aromatic nitrogens is 3. The van der Waals surface area contributed by atoms with Crippen molar-refractivity contribution in [3.05, 3.63) is 49.8 Å². The van der Waals surface area contributed by atoms with Crippen LogP contribution in [0, 0.1) is 20.2 Å². The van der Waals surface area contributed by atoms with Crippen LogP contribution in [-0.4, -0.2) is 43.5 Å². The van der Waals surface area contributed by atoms with E-state index in [9.17, 15) is 29.8 Å². The molecule has 0 saturated heterocycles. The van der Waals surface area contributed by atoms with Gasteiger partial charge in [0.1, 0.15) is 0 Å². The maximum atomic E-state index is 12.1. The van der Waals surface area contributed by atoms with Gasteiger partial charge in [-0.15, -0.1) is 5.10 Å². The lowest BCUT2D eigenvalue weighted by atomic mass is 10.1. The van der Waals surface area contributed by atoms with Gasteiger partial charge in [0, 0.05) is 12.1 Å². The Kier molecular flexibility index (Phi) is 4.97. The maximum Gasteiger partial charge on any atom is 0.375 e. The van der Waals surface area contributed by atoms with Crippen LogP contribution < -0.4 is 5.32 Å². The second-order valence-corrected chi connectivity index (χ2v) is 4.43. The summed E-state index contributed by atoms with van der Waals surface area (Å²) in [5.74, 6) is -2.29. The largest absolute Gasteiger partial charge is 0.460 e. The van der Waals surface area contributed by atoms with Crippen LogP contribution in [0.25, 0.3) is 0 Å². The van der Waals surface area contributed by atoms with Crippen molar-refractivity contribution in [2.45, 2.75) is 6.92 Å². The number of benzene rings is 1. The van der Waals surface area contributed by atoms with Gasteiger partial charge in [-0.2, -0.15) is 4.98 Å². The van der Waals surface area contributed by atoms with Crippen LogP contribution in [0.1, 0.15) is 27.9 Å². The van der Waals surface area contributed by atoms with Crippen molar-refractivity contribution in [3.63, 3.8) is 0 Å². The number of anilines is 1. The van der Waals surface area contributed by atoms with Crippen LogP contribution in [0.4, 0.5) is 17.3 Å². The van der Waals surface area contributed by atoms with E-state index in [4.69, 9.17) is 0 Å². The number of rotatable bonds is 6. The first-order valence-electron chi connectivity index (χ1n) is 6.66. The standard InChI is InChI=1S/C12H10N6O7/c1-2-25-11(20)9-13-12(16-15-9)14-10(19)6-3-7(17(21)22)5-8(4-6)18(23)24/h3-5H,2H2,1H3,(H2,13,14,15,16,19). The molecule has 0 saturated carbocycles. The van der Waals surface area contributed by atoms with Gasteiger partial charge in [-0.25, -0.2) is 4.79 Å². The third-order valence-corrected chi connectivity index (χ3v) is 2.77. The zero-order valence-electron chi connectivity index (χ0n) is 12.6. The number of nitro benzene ring substituents is 2. The number of hydrogen-bond donors (Lipinski definition) is 2. The maximum absolute atomic E-state index is 12.1. The number of hydrogen-bond acceptors (Lipinski definition) is 9. The molecule has 130 valence electrons. The molecule has 0 aliphatic rings. The molecule has 1 amide bonds. The monoisotopic (exact) mass is 350 g/mol. The molecule has 0 unspecified atom stereocenters. The molecule has 2 aromatic rings. The van der Waals surface area contributed by atoms with E-state index in [1.165, 1.54) is 0 Å². The predicted molar refractivity (Wildman–Crippen MR) is 80.0 cm³/mol. The van der Waals surface area contributed by atoms with E-state index in [0.717, 1.165) is 18.2 Å². The number of aromatic amines is 1. The van der Waals surface area contributed by atoms with Gasteiger partial charge in [-0.3, -0.25) is 35.4 Å². The summed E-state index contributed by atoms with van der Waals surface area (Å²) in [5, 5.41) is 29.6. The van der Waals surface area contributed by atoms with Gasteiger partial charge in [0.15, 0.2) is 0 Å². The van der Waals surface area contributed by atoms with Crippen molar-refractivity contribution in [2.75, 3.05) is 11.9 Å². The molecule has 1 aromatic carbocycles. The Morgan fingerprint density at radius 3 is 2.32 bits per heavy atom. The molecule has 25 heavy (non-hydrogen) atoms. The number of ether oxygens (including phenoxy) is 1. The van der Waals surface area contributed by atoms with Crippen molar-refractivity contribution in [2.24, 2.45) is 0 Å². The van der Waals surface area contributed by atoms with Crippen molar-refractivity contribution >= 4 is 29.2 Å². The highest BCUT2D eigenvalue weighted by Gasteiger charge is 2.21. The predicted octanol–water partition coefficient (Wildman–Crippen LogP) is 1.05. The minimum absolute atomic E-state index is 0.110. The molecule has 0 fully saturated rings. The lowest BCUT2D eigenvalue weighted by Gasteiger charge is -2.01. The normalized spacial score (nSPS) is 10.1. The quantitative estimate of drug-likeness (QED) is 0.436. The van der Waals surface area contributed by atoms with Crippen molar-refractivity contribution in [3.8, 4) is 0 Å². The molecule has 0 aliphatic carbocycles. The third-order valence-electron chi connectivity index (χ3n) is 2.77. The molecule has 1 aromatic heterocycles. The van der Waals surface area contributed by atoms with Gasteiger partial charge >= 0.3 is 5.97 Å². The summed E-state index contributed by atoms with van der Waals surface area (Å²) in [5.41, 5.74) is -1.59. The zero-order valence-corrected chi connectivity index (χ0v) is 12.6. The van der Waals surface area contributed by atoms with E-state index in [-0.39, 0.29) is 23.9 Å². The highest BCUT2D eigenvalue weighted by atomic mass is 16.6. The molecular formula is C12H10N6O7. The second-order valence-electron chi connectivity index (χ2n) is 4.43. The lowest BCUT2D eigenvalue weighted by Crippen LogP contribution is -2.14. The zero-order chi connectivity index (χ0) is 18.6. The minimum atomic E-state index is -0.929. The Hall–Kier alpha value is -3.90. The Balaban J connectivity index is 2.25. The average molecular weight is 350 g/mol. The number of nitrogens with one attached hydrogen (secondary N) is 2. The van der Waals surface area contributed by atoms with Crippen LogP contribution in [0.5, 0.6) is 0 Å². The van der Waals surface area contributed by atoms with Crippen LogP contribution >= 0.6 is 0 Å². The molecule has 13 nitrogen and oxygen atoms in total. The summed E-state index contributed by atoms with van der Waals surface area (Å²) in [7, 11) is 0. The number of carbonyl (C=O) groups is 2. The number of nitro groups is 2. The molecule has 2 rings (SSSR count). The minimum Gasteiger partial charge on any atom is -0.460 e. The molecule has 0 bridgehead atoms. The summed E-state index contributed by atoms with van der Waals surface area (Å²) in [4.78, 5) is 47.1. The van der Waals surface area contributed by atoms with Crippen molar-refractivity contribution in [1.82, 2.24) is 15.2 Å². The molecule has 0 radical (unpaired) electrons. The molecule has 0 aliphatic heterocycles. The molecule has 13 heteroatoms. The molecule has 2 N–H and O–H groups in total. The third kappa shape index (κ3) is 4.10. The fourth-order valence-corrected chi connectivity index (χ4v) is 1.72. The first-order valence-corrected chi connectivity index (χ1v) is 6.66. The number of carbonyl (C=O) groups excluding carboxylic acids is 2. The van der Waals surface area contributed by atoms with Crippen molar-refractivity contribution < 1.29 is 24.2 Å². The van der Waals surface area contributed by atoms with E-state index in [1.54, 1.807) is 6.92 Å². The van der Waals surface area contributed by atoms with Crippen LogP contribution in [0.3, 0.4) is 0 Å². The van der Waals surface area contributed by atoms with E-state index in [2.05, 4.69) is 25.2 Å². The highest BCUT2D eigenvalue weighted by Crippen LogP contribution is 2.23. The first kappa shape index (κ1) is 17.5. The topological polar surface area (TPSA) is 183 Å². The fourth-order valence-electron chi connectivity index (χ4n) is 1.72. The summed E-state index contributed by atoms with van der Waals surface area (Å²) in [6.07, 6.45) is 0. The van der Waals surface area contributed by atoms with Crippen molar-refractivity contribution in [1.29, 1.82) is 0 Å². The summed E-state index contributed by atoms with van der Waals surface area (Å²) in [6, 6.07) is 2.45. The Bertz CT molecular complexity index is 829. The van der Waals surface area contributed by atoms with Gasteiger partial charge in [0.2, 0.25) is 11.8 Å². The molecule has 0 atom stereocenters. The molecular weight excluding hydrogens is 340 g/mol. The van der Waals surface area contributed by atoms with E-state index >= 15 is 0 Å². The summed E-state index contributed by atoms with van der Waals surface area (Å²) in [6.45, 7) is 1.70. The van der Waals surface area contributed by atoms with Gasteiger partial charge < -0.3 is 4.74 Å². The molecule has 1 heterocycles. The van der Waals surface area contributed by atoms with E-state index in [1.807, 2.05) is 0 Å². The smallest absolute Gasteiger partial charge is 0.375 e. The first-order chi connectivity index (χ1) is 11.8. The number of H-pyrrole nitrogens is 1. The SMILES string of the molecule is CCOC(=O)c1nc(NC(=O)c2cc([N+](=O)[O-])cc([N+](=O)[O-])c2)n[nH]1.